The summed E-state index contributed by atoms with van der Waals surface area (Å²) in [4.78, 5) is 2.16. The highest BCUT2D eigenvalue weighted by atomic mass is 79.9. The highest BCUT2D eigenvalue weighted by Gasteiger charge is 2.16. The zero-order chi connectivity index (χ0) is 13.0. The van der Waals surface area contributed by atoms with Crippen LogP contribution in [-0.2, 0) is 0 Å². The van der Waals surface area contributed by atoms with Gasteiger partial charge in [0.1, 0.15) is 0 Å². The Kier molecular flexibility index (Phi) is 5.02. The molecule has 1 atom stereocenters. The number of hydrogen-bond acceptors (Lipinski definition) is 2. The molecule has 0 radical (unpaired) electrons. The number of anilines is 1. The van der Waals surface area contributed by atoms with Crippen molar-refractivity contribution in [1.82, 2.24) is 0 Å². The number of nitrogens with zero attached hydrogens (tertiary/aromatic N) is 2. The maximum atomic E-state index is 9.13. The lowest BCUT2D eigenvalue weighted by Gasteiger charge is -2.25. The molecule has 0 aromatic heterocycles. The molecule has 2 nitrogen and oxygen atoms in total. The third-order valence-corrected chi connectivity index (χ3v) is 3.52. The van der Waals surface area contributed by atoms with Gasteiger partial charge in [0.15, 0.2) is 0 Å². The summed E-state index contributed by atoms with van der Waals surface area (Å²) in [6.07, 6.45) is 0. The first-order valence-corrected chi connectivity index (χ1v) is 6.62. The van der Waals surface area contributed by atoms with Crippen LogP contribution in [0.4, 0.5) is 5.69 Å². The van der Waals surface area contributed by atoms with Gasteiger partial charge in [-0.1, -0.05) is 35.8 Å². The molecule has 0 saturated carbocycles. The number of hydrogen-bond donors (Lipinski definition) is 0. The first-order chi connectivity index (χ1) is 7.95. The van der Waals surface area contributed by atoms with Crippen molar-refractivity contribution in [3.63, 3.8) is 0 Å². The van der Waals surface area contributed by atoms with E-state index in [9.17, 15) is 0 Å². The number of halogens is 1. The topological polar surface area (TPSA) is 27.0 Å². The van der Waals surface area contributed by atoms with Crippen LogP contribution in [0.15, 0.2) is 22.7 Å². The molecule has 0 aliphatic rings. The molecule has 1 rings (SSSR count). The molecule has 17 heavy (non-hydrogen) atoms. The first kappa shape index (κ1) is 14.1. The maximum Gasteiger partial charge on any atom is 0.0677 e. The van der Waals surface area contributed by atoms with Gasteiger partial charge in [-0.15, -0.1) is 0 Å². The minimum Gasteiger partial charge on any atom is -0.373 e. The van der Waals surface area contributed by atoms with Gasteiger partial charge >= 0.3 is 0 Å². The zero-order valence-corrected chi connectivity index (χ0v) is 12.5. The van der Waals surface area contributed by atoms with E-state index in [2.05, 4.69) is 59.8 Å². The van der Waals surface area contributed by atoms with Gasteiger partial charge in [0.25, 0.3) is 0 Å². The van der Waals surface area contributed by atoms with Gasteiger partial charge in [-0.3, -0.25) is 0 Å². The summed E-state index contributed by atoms with van der Waals surface area (Å²) in [5.41, 5.74) is 2.41. The van der Waals surface area contributed by atoms with Crippen molar-refractivity contribution < 1.29 is 0 Å². The SMILES string of the molecule is Cc1ccc(Br)cc1N(C)CC(C#N)C(C)C. The first-order valence-electron chi connectivity index (χ1n) is 5.82. The van der Waals surface area contributed by atoms with E-state index in [-0.39, 0.29) is 5.92 Å². The zero-order valence-electron chi connectivity index (χ0n) is 10.9. The van der Waals surface area contributed by atoms with E-state index in [4.69, 9.17) is 5.26 Å². The summed E-state index contributed by atoms with van der Waals surface area (Å²) in [5, 5.41) is 9.13. The molecule has 1 aromatic carbocycles. The van der Waals surface area contributed by atoms with Crippen molar-refractivity contribution in [2.24, 2.45) is 11.8 Å². The molecule has 1 aromatic rings. The Morgan fingerprint density at radius 1 is 1.41 bits per heavy atom. The molecule has 3 heteroatoms. The monoisotopic (exact) mass is 294 g/mol. The fraction of sp³-hybridized carbons (Fsp3) is 0.500. The molecular formula is C14H19BrN2. The molecule has 0 aliphatic heterocycles. The van der Waals surface area contributed by atoms with Crippen molar-refractivity contribution in [1.29, 1.82) is 5.26 Å². The third kappa shape index (κ3) is 3.74. The number of rotatable bonds is 4. The van der Waals surface area contributed by atoms with Crippen LogP contribution in [0.25, 0.3) is 0 Å². The van der Waals surface area contributed by atoms with Gasteiger partial charge < -0.3 is 4.90 Å². The van der Waals surface area contributed by atoms with E-state index < -0.39 is 0 Å². The van der Waals surface area contributed by atoms with Crippen LogP contribution in [0.3, 0.4) is 0 Å². The second kappa shape index (κ2) is 6.07. The van der Waals surface area contributed by atoms with Gasteiger partial charge in [-0.05, 0) is 30.5 Å². The average molecular weight is 295 g/mol. The molecule has 0 bridgehead atoms. The molecule has 0 aliphatic carbocycles. The second-order valence-corrected chi connectivity index (χ2v) is 5.71. The lowest BCUT2D eigenvalue weighted by atomic mass is 9.97. The van der Waals surface area contributed by atoms with E-state index in [1.165, 1.54) is 11.3 Å². The van der Waals surface area contributed by atoms with Crippen LogP contribution in [0.1, 0.15) is 19.4 Å². The van der Waals surface area contributed by atoms with E-state index in [1.54, 1.807) is 0 Å². The molecule has 0 amide bonds. The van der Waals surface area contributed by atoms with Crippen LogP contribution in [0, 0.1) is 30.1 Å². The van der Waals surface area contributed by atoms with Crippen LogP contribution in [0.2, 0.25) is 0 Å². The molecular weight excluding hydrogens is 276 g/mol. The molecule has 0 spiro atoms. The van der Waals surface area contributed by atoms with Crippen molar-refractivity contribution >= 4 is 21.6 Å². The summed E-state index contributed by atoms with van der Waals surface area (Å²) in [6, 6.07) is 8.61. The highest BCUT2D eigenvalue weighted by Crippen LogP contribution is 2.25. The molecule has 92 valence electrons. The molecule has 0 heterocycles. The van der Waals surface area contributed by atoms with Crippen LogP contribution < -0.4 is 4.90 Å². The Morgan fingerprint density at radius 2 is 2.06 bits per heavy atom. The standard InChI is InChI=1S/C14H19BrN2/c1-10(2)12(8-16)9-17(4)14-7-13(15)6-5-11(14)3/h5-7,10,12H,9H2,1-4H3. The maximum absolute atomic E-state index is 9.13. The Bertz CT molecular complexity index is 421. The lowest BCUT2D eigenvalue weighted by Crippen LogP contribution is -2.28. The Balaban J connectivity index is 2.86. The fourth-order valence-corrected chi connectivity index (χ4v) is 2.14. The van der Waals surface area contributed by atoms with Crippen molar-refractivity contribution in [2.75, 3.05) is 18.5 Å². The summed E-state index contributed by atoms with van der Waals surface area (Å²) in [7, 11) is 2.04. The Hall–Kier alpha value is -1.01. The smallest absolute Gasteiger partial charge is 0.0677 e. The Labute approximate surface area is 112 Å². The fourth-order valence-electron chi connectivity index (χ4n) is 1.79. The number of nitriles is 1. The van der Waals surface area contributed by atoms with Gasteiger partial charge in [-0.2, -0.15) is 5.26 Å². The van der Waals surface area contributed by atoms with Gasteiger partial charge in [0.2, 0.25) is 0 Å². The lowest BCUT2D eigenvalue weighted by molar-refractivity contribution is 0.477. The number of benzene rings is 1. The van der Waals surface area contributed by atoms with E-state index in [0.717, 1.165) is 11.0 Å². The average Bonchev–Trinajstić information content (AvgIpc) is 2.28. The minimum absolute atomic E-state index is 0.0679. The Morgan fingerprint density at radius 3 is 2.59 bits per heavy atom. The van der Waals surface area contributed by atoms with Crippen molar-refractivity contribution in [3.8, 4) is 6.07 Å². The van der Waals surface area contributed by atoms with Crippen molar-refractivity contribution in [3.05, 3.63) is 28.2 Å². The van der Waals surface area contributed by atoms with Crippen LogP contribution in [-0.4, -0.2) is 13.6 Å². The van der Waals surface area contributed by atoms with Crippen LogP contribution >= 0.6 is 15.9 Å². The van der Waals surface area contributed by atoms with Gasteiger partial charge in [0, 0.05) is 23.8 Å². The predicted octanol–water partition coefficient (Wildman–Crippen LogP) is 3.99. The molecule has 1 unspecified atom stereocenters. The normalized spacial score (nSPS) is 12.3. The van der Waals surface area contributed by atoms with E-state index in [1.807, 2.05) is 13.1 Å². The highest BCUT2D eigenvalue weighted by molar-refractivity contribution is 9.10. The van der Waals surface area contributed by atoms with E-state index in [0.29, 0.717) is 5.92 Å². The van der Waals surface area contributed by atoms with Crippen LogP contribution in [0.5, 0.6) is 0 Å². The summed E-state index contributed by atoms with van der Waals surface area (Å²) < 4.78 is 1.07. The third-order valence-electron chi connectivity index (χ3n) is 3.02. The van der Waals surface area contributed by atoms with Gasteiger partial charge in [0.05, 0.1) is 12.0 Å². The molecule has 0 N–H and O–H groups in total. The second-order valence-electron chi connectivity index (χ2n) is 4.79. The summed E-state index contributed by atoms with van der Waals surface area (Å²) in [6.45, 7) is 7.05. The summed E-state index contributed by atoms with van der Waals surface area (Å²) in [5.74, 6) is 0.452. The van der Waals surface area contributed by atoms with Crippen molar-refractivity contribution in [2.45, 2.75) is 20.8 Å². The molecule has 0 saturated heterocycles. The molecule has 0 fully saturated rings. The summed E-state index contributed by atoms with van der Waals surface area (Å²) >= 11 is 3.49. The van der Waals surface area contributed by atoms with E-state index >= 15 is 0 Å². The largest absolute Gasteiger partial charge is 0.373 e. The minimum atomic E-state index is 0.0679. The quantitative estimate of drug-likeness (QED) is 0.839. The number of aryl methyl sites for hydroxylation is 1. The predicted molar refractivity (Wildman–Crippen MR) is 76.1 cm³/mol. The van der Waals surface area contributed by atoms with Gasteiger partial charge in [-0.25, -0.2) is 0 Å².